The molecule has 0 aliphatic carbocycles. The maximum absolute atomic E-state index is 13.8. The third-order valence-corrected chi connectivity index (χ3v) is 7.65. The van der Waals surface area contributed by atoms with E-state index in [2.05, 4.69) is 53.0 Å². The Bertz CT molecular complexity index is 1470. The minimum absolute atomic E-state index is 0.0574. The van der Waals surface area contributed by atoms with Crippen molar-refractivity contribution in [3.05, 3.63) is 71.0 Å². The van der Waals surface area contributed by atoms with Gasteiger partial charge in [0.1, 0.15) is 17.2 Å². The van der Waals surface area contributed by atoms with Crippen molar-refractivity contribution in [2.24, 2.45) is 0 Å². The van der Waals surface area contributed by atoms with E-state index in [1.54, 1.807) is 24.3 Å². The summed E-state index contributed by atoms with van der Waals surface area (Å²) in [5.74, 6) is -0.459. The van der Waals surface area contributed by atoms with Crippen LogP contribution >= 0.6 is 15.9 Å². The number of hydrogen-bond acceptors (Lipinski definition) is 9. The quantitative estimate of drug-likeness (QED) is 0.302. The zero-order valence-corrected chi connectivity index (χ0v) is 23.9. The highest BCUT2D eigenvalue weighted by molar-refractivity contribution is 9.10. The smallest absolute Gasteiger partial charge is 0.378 e. The van der Waals surface area contributed by atoms with Gasteiger partial charge in [0.05, 0.1) is 31.7 Å². The molecule has 1 saturated heterocycles. The number of rotatable bonds is 10. The minimum atomic E-state index is -4.73. The average molecular weight is 643 g/mol. The molecule has 40 heavy (non-hydrogen) atoms. The number of hydrogen-bond donors (Lipinski definition) is 2. The van der Waals surface area contributed by atoms with Crippen LogP contribution in [0, 0.1) is 0 Å². The summed E-state index contributed by atoms with van der Waals surface area (Å²) in [6.07, 6.45) is -0.236. The highest BCUT2D eigenvalue weighted by atomic mass is 79.9. The van der Waals surface area contributed by atoms with Crippen molar-refractivity contribution in [3.63, 3.8) is 0 Å². The molecule has 1 aliphatic rings. The molecule has 2 aromatic heterocycles. The molecule has 2 N–H and O–H groups in total. The van der Waals surface area contributed by atoms with E-state index in [1.807, 2.05) is 6.07 Å². The van der Waals surface area contributed by atoms with Crippen LogP contribution in [0.2, 0.25) is 0 Å². The number of nitrogens with zero attached hydrogens (tertiary/aromatic N) is 5. The molecule has 0 saturated carbocycles. The first kappa shape index (κ1) is 29.6. The lowest BCUT2D eigenvalue weighted by molar-refractivity contribution is -0.137. The van der Waals surface area contributed by atoms with Crippen molar-refractivity contribution in [2.45, 2.75) is 12.7 Å². The summed E-state index contributed by atoms with van der Waals surface area (Å²) >= 11 is 3.56. The third kappa shape index (κ3) is 7.20. The van der Waals surface area contributed by atoms with E-state index in [0.29, 0.717) is 30.7 Å². The number of alkyl halides is 3. The zero-order chi connectivity index (χ0) is 28.9. The van der Waals surface area contributed by atoms with E-state index in [0.717, 1.165) is 33.8 Å². The molecule has 10 nitrogen and oxygen atoms in total. The van der Waals surface area contributed by atoms with Crippen molar-refractivity contribution in [3.8, 4) is 0 Å². The Labute approximate surface area is 238 Å². The van der Waals surface area contributed by atoms with Crippen molar-refractivity contribution >= 4 is 54.9 Å². The Hall–Kier alpha value is -3.43. The predicted molar refractivity (Wildman–Crippen MR) is 151 cm³/mol. The van der Waals surface area contributed by atoms with Crippen LogP contribution < -0.4 is 19.8 Å². The van der Waals surface area contributed by atoms with Crippen molar-refractivity contribution in [2.75, 3.05) is 58.9 Å². The van der Waals surface area contributed by atoms with Gasteiger partial charge in [0.2, 0.25) is 16.0 Å². The van der Waals surface area contributed by atoms with Crippen LogP contribution in [0.5, 0.6) is 0 Å². The Kier molecular flexibility index (Phi) is 9.15. The maximum Gasteiger partial charge on any atom is 0.421 e. The van der Waals surface area contributed by atoms with Gasteiger partial charge >= 0.3 is 6.18 Å². The van der Waals surface area contributed by atoms with E-state index in [-0.39, 0.29) is 24.9 Å². The van der Waals surface area contributed by atoms with Crippen LogP contribution in [-0.4, -0.2) is 62.5 Å². The number of nitrogens with one attached hydrogen (secondary N) is 2. The molecule has 0 spiro atoms. The lowest BCUT2D eigenvalue weighted by atomic mass is 10.2. The summed E-state index contributed by atoms with van der Waals surface area (Å²) in [6.45, 7) is 6.07. The Morgan fingerprint density at radius 3 is 2.62 bits per heavy atom. The summed E-state index contributed by atoms with van der Waals surface area (Å²) in [4.78, 5) is 14.3. The second-order valence-corrected chi connectivity index (χ2v) is 11.5. The van der Waals surface area contributed by atoms with E-state index in [1.165, 1.54) is 12.3 Å². The van der Waals surface area contributed by atoms with Gasteiger partial charge in [-0.25, -0.2) is 22.7 Å². The molecule has 0 atom stereocenters. The van der Waals surface area contributed by atoms with Crippen molar-refractivity contribution in [1.29, 1.82) is 0 Å². The first-order chi connectivity index (χ1) is 19.0. The first-order valence-electron chi connectivity index (χ1n) is 12.1. The number of ether oxygens (including phenoxy) is 1. The Morgan fingerprint density at radius 1 is 1.23 bits per heavy atom. The zero-order valence-electron chi connectivity index (χ0n) is 21.4. The highest BCUT2D eigenvalue weighted by Gasteiger charge is 2.35. The fraction of sp³-hybridized carbons (Fsp3) is 0.320. The van der Waals surface area contributed by atoms with Crippen LogP contribution in [-0.2, 0) is 27.5 Å². The monoisotopic (exact) mass is 641 g/mol. The van der Waals surface area contributed by atoms with Gasteiger partial charge in [-0.15, -0.1) is 6.58 Å². The topological polar surface area (TPSA) is 113 Å². The Morgan fingerprint density at radius 2 is 1.98 bits per heavy atom. The largest absolute Gasteiger partial charge is 0.421 e. The summed E-state index contributed by atoms with van der Waals surface area (Å²) in [7, 11) is -3.73. The average Bonchev–Trinajstić information content (AvgIpc) is 2.90. The number of benzene rings is 1. The molecule has 3 heterocycles. The molecule has 0 radical (unpaired) electrons. The number of pyridine rings is 1. The molecule has 214 valence electrons. The standard InChI is InChI=1S/C25H27BrF3N7O3S/c1-3-9-36(40(2,37)38)23-17(5-4-8-30-23)15-31-22-19(25(27,28)29)16-32-24(34-22)33-18-6-7-21(20(26)14-18)35-10-12-39-13-11-35/h3-8,14,16H,1,9-13,15H2,2H3,(H2,31,32,33,34). The molecule has 15 heteroatoms. The minimum Gasteiger partial charge on any atom is -0.378 e. The van der Waals surface area contributed by atoms with Crippen LogP contribution in [0.3, 0.4) is 0 Å². The highest BCUT2D eigenvalue weighted by Crippen LogP contribution is 2.35. The van der Waals surface area contributed by atoms with Crippen LogP contribution in [0.4, 0.5) is 42.1 Å². The molecule has 1 fully saturated rings. The molecule has 1 aliphatic heterocycles. The van der Waals surface area contributed by atoms with Gasteiger partial charge in [0, 0.05) is 47.8 Å². The molecular formula is C25H27BrF3N7O3S. The molecule has 0 amide bonds. The normalized spacial score (nSPS) is 14.1. The van der Waals surface area contributed by atoms with Gasteiger partial charge in [0.25, 0.3) is 0 Å². The number of anilines is 5. The summed E-state index contributed by atoms with van der Waals surface area (Å²) in [5, 5.41) is 5.63. The molecular weight excluding hydrogens is 615 g/mol. The van der Waals surface area contributed by atoms with Gasteiger partial charge in [-0.05, 0) is 40.2 Å². The molecule has 4 rings (SSSR count). The number of halogens is 4. The van der Waals surface area contributed by atoms with Gasteiger partial charge in [-0.1, -0.05) is 12.1 Å². The summed E-state index contributed by atoms with van der Waals surface area (Å²) in [6, 6.07) is 8.59. The van der Waals surface area contributed by atoms with Crippen LogP contribution in [0.25, 0.3) is 0 Å². The van der Waals surface area contributed by atoms with Crippen LogP contribution in [0.1, 0.15) is 11.1 Å². The maximum atomic E-state index is 13.8. The second-order valence-electron chi connectivity index (χ2n) is 8.77. The lowest BCUT2D eigenvalue weighted by Crippen LogP contribution is -2.36. The fourth-order valence-corrected chi connectivity index (χ4v) is 5.51. The molecule has 3 aromatic rings. The van der Waals surface area contributed by atoms with Gasteiger partial charge in [0.15, 0.2) is 0 Å². The number of morpholine rings is 1. The lowest BCUT2D eigenvalue weighted by Gasteiger charge is -2.29. The fourth-order valence-electron chi connectivity index (χ4n) is 4.03. The third-order valence-electron chi connectivity index (χ3n) is 5.90. The molecule has 0 bridgehead atoms. The van der Waals surface area contributed by atoms with E-state index in [4.69, 9.17) is 4.74 Å². The van der Waals surface area contributed by atoms with Crippen molar-refractivity contribution < 1.29 is 26.3 Å². The van der Waals surface area contributed by atoms with Crippen LogP contribution in [0.15, 0.2) is 59.9 Å². The van der Waals surface area contributed by atoms with Crippen molar-refractivity contribution in [1.82, 2.24) is 15.0 Å². The van der Waals surface area contributed by atoms with Gasteiger partial charge in [-0.2, -0.15) is 18.2 Å². The second kappa shape index (κ2) is 12.4. The number of aromatic nitrogens is 3. The first-order valence-corrected chi connectivity index (χ1v) is 14.7. The van der Waals surface area contributed by atoms with Gasteiger partial charge in [-0.3, -0.25) is 0 Å². The molecule has 1 aromatic carbocycles. The predicted octanol–water partition coefficient (Wildman–Crippen LogP) is 4.80. The summed E-state index contributed by atoms with van der Waals surface area (Å²) < 4.78 is 73.2. The SMILES string of the molecule is C=CCN(c1ncccc1CNc1nc(Nc2ccc(N3CCOCC3)c(Br)c2)ncc1C(F)(F)F)S(C)(=O)=O. The number of sulfonamides is 1. The van der Waals surface area contributed by atoms with E-state index >= 15 is 0 Å². The van der Waals surface area contributed by atoms with Gasteiger partial charge < -0.3 is 20.3 Å². The molecule has 0 unspecified atom stereocenters. The Balaban J connectivity index is 1.59. The van der Waals surface area contributed by atoms with E-state index in [9.17, 15) is 21.6 Å². The summed E-state index contributed by atoms with van der Waals surface area (Å²) in [5.41, 5.74) is 0.811. The van der Waals surface area contributed by atoms with E-state index < -0.39 is 27.6 Å².